The Balaban J connectivity index is 1.97. The number of carbonyl (C=O) groups excluding carboxylic acids is 1. The van der Waals surface area contributed by atoms with E-state index in [1.54, 1.807) is 4.98 Å². The Kier molecular flexibility index (Phi) is 5.54. The van der Waals surface area contributed by atoms with Crippen LogP contribution in [0.3, 0.4) is 0 Å². The summed E-state index contributed by atoms with van der Waals surface area (Å²) in [6.45, 7) is 3.90. The van der Waals surface area contributed by atoms with Crippen LogP contribution in [0.25, 0.3) is 0 Å². The normalized spacial score (nSPS) is 12.4. The molecule has 0 radical (unpaired) electrons. The van der Waals surface area contributed by atoms with E-state index in [0.29, 0.717) is 6.20 Å². The Morgan fingerprint density at radius 1 is 1.03 bits per heavy atom. The summed E-state index contributed by atoms with van der Waals surface area (Å²) in [5, 5.41) is 2.73. The maximum Gasteiger partial charge on any atom is 0.449 e. The van der Waals surface area contributed by atoms with Gasteiger partial charge in [0.2, 0.25) is 5.82 Å². The average molecular weight is 401 g/mol. The Labute approximate surface area is 164 Å². The maximum absolute atomic E-state index is 12.7. The number of aromatic amines is 1. The van der Waals surface area contributed by atoms with Gasteiger partial charge >= 0.3 is 6.18 Å². The molecule has 3 aromatic rings. The monoisotopic (exact) mass is 401 g/mol. The van der Waals surface area contributed by atoms with Gasteiger partial charge in [0.05, 0.1) is 6.04 Å². The predicted octanol–water partition coefficient (Wildman–Crippen LogP) is 3.92. The summed E-state index contributed by atoms with van der Waals surface area (Å²) in [6.07, 6.45) is -4.17. The molecule has 3 rings (SSSR count). The fourth-order valence-electron chi connectivity index (χ4n) is 2.86. The van der Waals surface area contributed by atoms with E-state index in [2.05, 4.69) is 10.3 Å². The lowest BCUT2D eigenvalue weighted by Crippen LogP contribution is -2.34. The number of aromatic nitrogens is 2. The lowest BCUT2D eigenvalue weighted by Gasteiger charge is -2.21. The van der Waals surface area contributed by atoms with E-state index in [4.69, 9.17) is 0 Å². The zero-order valence-electron chi connectivity index (χ0n) is 15.7. The molecule has 1 atom stereocenters. The van der Waals surface area contributed by atoms with Gasteiger partial charge in [0.25, 0.3) is 11.5 Å². The number of hydrogen-bond donors (Lipinski definition) is 2. The average Bonchev–Trinajstić information content (AvgIpc) is 2.68. The summed E-state index contributed by atoms with van der Waals surface area (Å²) < 4.78 is 38.1. The highest BCUT2D eigenvalue weighted by atomic mass is 19.4. The number of hydrogen-bond acceptors (Lipinski definition) is 3. The predicted molar refractivity (Wildman–Crippen MR) is 102 cm³/mol. The molecule has 1 amide bonds. The zero-order chi connectivity index (χ0) is 21.2. The van der Waals surface area contributed by atoms with E-state index in [-0.39, 0.29) is 0 Å². The third kappa shape index (κ3) is 4.53. The van der Waals surface area contributed by atoms with Crippen LogP contribution in [0.4, 0.5) is 13.2 Å². The van der Waals surface area contributed by atoms with E-state index in [1.165, 1.54) is 0 Å². The van der Waals surface area contributed by atoms with Gasteiger partial charge in [0.1, 0.15) is 5.56 Å². The third-order valence-electron chi connectivity index (χ3n) is 4.59. The van der Waals surface area contributed by atoms with Crippen LogP contribution in [0.5, 0.6) is 0 Å². The highest BCUT2D eigenvalue weighted by molar-refractivity contribution is 5.94. The molecule has 2 N–H and O–H groups in total. The first kappa shape index (κ1) is 20.3. The summed E-state index contributed by atoms with van der Waals surface area (Å²) in [5.41, 5.74) is 1.99. The zero-order valence-corrected chi connectivity index (χ0v) is 15.7. The molecule has 2 aromatic carbocycles. The summed E-state index contributed by atoms with van der Waals surface area (Å²) >= 11 is 0. The minimum absolute atomic E-state index is 0.497. The number of nitrogens with zero attached hydrogens (tertiary/aromatic N) is 1. The molecule has 0 aliphatic rings. The SMILES string of the molecule is Cc1ccc(C(NC(=O)c2cnc(C(F)(F)F)[nH]c2=O)c2ccccc2)cc1C. The van der Waals surface area contributed by atoms with Crippen molar-refractivity contribution >= 4 is 5.91 Å². The van der Waals surface area contributed by atoms with Crippen molar-refractivity contribution in [3.8, 4) is 0 Å². The van der Waals surface area contributed by atoms with Crippen molar-refractivity contribution in [3.63, 3.8) is 0 Å². The first-order valence-electron chi connectivity index (χ1n) is 8.76. The van der Waals surface area contributed by atoms with E-state index < -0.39 is 35.1 Å². The number of halogens is 3. The van der Waals surface area contributed by atoms with Crippen LogP contribution in [0, 0.1) is 13.8 Å². The van der Waals surface area contributed by atoms with Crippen molar-refractivity contribution in [1.82, 2.24) is 15.3 Å². The molecule has 0 aliphatic carbocycles. The summed E-state index contributed by atoms with van der Waals surface area (Å²) in [4.78, 5) is 29.5. The second-order valence-corrected chi connectivity index (χ2v) is 6.63. The number of carbonyl (C=O) groups is 1. The molecule has 1 heterocycles. The topological polar surface area (TPSA) is 74.8 Å². The van der Waals surface area contributed by atoms with Crippen LogP contribution in [0.2, 0.25) is 0 Å². The number of alkyl halides is 3. The fraction of sp³-hybridized carbons (Fsp3) is 0.190. The molecule has 0 saturated heterocycles. The number of nitrogens with one attached hydrogen (secondary N) is 2. The van der Waals surface area contributed by atoms with Gasteiger partial charge in [0, 0.05) is 6.20 Å². The molecule has 0 saturated carbocycles. The van der Waals surface area contributed by atoms with E-state index in [9.17, 15) is 22.8 Å². The highest BCUT2D eigenvalue weighted by Crippen LogP contribution is 2.26. The van der Waals surface area contributed by atoms with E-state index in [0.717, 1.165) is 22.3 Å². The Morgan fingerprint density at radius 3 is 2.31 bits per heavy atom. The van der Waals surface area contributed by atoms with Gasteiger partial charge in [-0.1, -0.05) is 48.5 Å². The molecular formula is C21H18F3N3O2. The maximum atomic E-state index is 12.7. The lowest BCUT2D eigenvalue weighted by molar-refractivity contribution is -0.145. The molecule has 150 valence electrons. The van der Waals surface area contributed by atoms with Crippen LogP contribution in [-0.4, -0.2) is 15.9 Å². The van der Waals surface area contributed by atoms with Gasteiger partial charge < -0.3 is 10.3 Å². The number of H-pyrrole nitrogens is 1. The molecular weight excluding hydrogens is 383 g/mol. The molecule has 1 unspecified atom stereocenters. The molecule has 0 aliphatic heterocycles. The lowest BCUT2D eigenvalue weighted by atomic mass is 9.95. The molecule has 0 spiro atoms. The first-order chi connectivity index (χ1) is 13.7. The molecule has 0 fully saturated rings. The third-order valence-corrected chi connectivity index (χ3v) is 4.59. The molecule has 8 heteroatoms. The number of aryl methyl sites for hydroxylation is 2. The van der Waals surface area contributed by atoms with Crippen molar-refractivity contribution in [2.24, 2.45) is 0 Å². The quantitative estimate of drug-likeness (QED) is 0.696. The van der Waals surface area contributed by atoms with Gasteiger partial charge in [-0.15, -0.1) is 0 Å². The Morgan fingerprint density at radius 2 is 1.72 bits per heavy atom. The molecule has 29 heavy (non-hydrogen) atoms. The van der Waals surface area contributed by atoms with E-state index >= 15 is 0 Å². The highest BCUT2D eigenvalue weighted by Gasteiger charge is 2.34. The summed E-state index contributed by atoms with van der Waals surface area (Å²) in [6, 6.07) is 14.2. The van der Waals surface area contributed by atoms with Crippen molar-refractivity contribution in [1.29, 1.82) is 0 Å². The van der Waals surface area contributed by atoms with Crippen LogP contribution >= 0.6 is 0 Å². The number of amides is 1. The van der Waals surface area contributed by atoms with Crippen molar-refractivity contribution < 1.29 is 18.0 Å². The van der Waals surface area contributed by atoms with Crippen molar-refractivity contribution in [3.05, 3.63) is 98.7 Å². The van der Waals surface area contributed by atoms with Crippen LogP contribution in [-0.2, 0) is 6.18 Å². The Hall–Kier alpha value is -3.42. The molecule has 0 bridgehead atoms. The van der Waals surface area contributed by atoms with Gasteiger partial charge in [-0.05, 0) is 36.1 Å². The summed E-state index contributed by atoms with van der Waals surface area (Å²) in [7, 11) is 0. The van der Waals surface area contributed by atoms with Crippen molar-refractivity contribution in [2.75, 3.05) is 0 Å². The molecule has 5 nitrogen and oxygen atoms in total. The van der Waals surface area contributed by atoms with Crippen molar-refractivity contribution in [2.45, 2.75) is 26.1 Å². The van der Waals surface area contributed by atoms with Gasteiger partial charge in [0.15, 0.2) is 0 Å². The van der Waals surface area contributed by atoms with Gasteiger partial charge in [-0.2, -0.15) is 13.2 Å². The standard InChI is InChI=1S/C21H18F3N3O2/c1-12-8-9-15(10-13(12)2)17(14-6-4-3-5-7-14)26-18(28)16-11-25-20(21(22,23)24)27-19(16)29/h3-11,17H,1-2H3,(H,26,28)(H,25,27,29). The minimum Gasteiger partial charge on any atom is -0.341 e. The van der Waals surface area contributed by atoms with E-state index in [1.807, 2.05) is 62.4 Å². The fourth-order valence-corrected chi connectivity index (χ4v) is 2.86. The minimum atomic E-state index is -4.81. The second-order valence-electron chi connectivity index (χ2n) is 6.63. The molecule has 1 aromatic heterocycles. The van der Waals surface area contributed by atoms with Crippen LogP contribution in [0.1, 0.15) is 44.5 Å². The number of rotatable bonds is 4. The van der Waals surface area contributed by atoms with Gasteiger partial charge in [-0.3, -0.25) is 9.59 Å². The number of benzene rings is 2. The second kappa shape index (κ2) is 7.90. The first-order valence-corrected chi connectivity index (χ1v) is 8.76. The van der Waals surface area contributed by atoms with Crippen LogP contribution in [0.15, 0.2) is 59.5 Å². The largest absolute Gasteiger partial charge is 0.449 e. The van der Waals surface area contributed by atoms with Gasteiger partial charge in [-0.25, -0.2) is 4.98 Å². The smallest absolute Gasteiger partial charge is 0.341 e. The summed E-state index contributed by atoms with van der Waals surface area (Å²) in [5.74, 6) is -2.27. The Bertz CT molecular complexity index is 1090. The van der Waals surface area contributed by atoms with Crippen LogP contribution < -0.4 is 10.9 Å².